The molecule has 0 aliphatic carbocycles. The first kappa shape index (κ1) is 23.5. The van der Waals surface area contributed by atoms with Gasteiger partial charge in [-0.2, -0.15) is 0 Å². The number of likely N-dealkylation sites (tertiary alicyclic amines) is 1. The third-order valence-corrected chi connectivity index (χ3v) is 9.38. The molecule has 7 nitrogen and oxygen atoms in total. The molecular formula is C25H27ClN2O5S. The normalized spacial score (nSPS) is 35.8. The summed E-state index contributed by atoms with van der Waals surface area (Å²) in [5.41, 5.74) is 0.670. The third-order valence-electron chi connectivity index (χ3n) is 7.33. The van der Waals surface area contributed by atoms with Crippen LogP contribution in [0.25, 0.3) is 0 Å². The number of benzene rings is 1. The molecule has 4 aliphatic rings. The predicted molar refractivity (Wildman–Crippen MR) is 131 cm³/mol. The number of halogens is 1. The second-order valence-electron chi connectivity index (χ2n) is 9.46. The van der Waals surface area contributed by atoms with Crippen molar-refractivity contribution in [2.75, 3.05) is 24.7 Å². The fourth-order valence-corrected chi connectivity index (χ4v) is 8.11. The lowest BCUT2D eigenvalue weighted by molar-refractivity contribution is -0.154. The molecule has 4 aliphatic heterocycles. The quantitative estimate of drug-likeness (QED) is 0.505. The number of esters is 1. The molecule has 2 saturated heterocycles. The zero-order valence-electron chi connectivity index (χ0n) is 19.0. The van der Waals surface area contributed by atoms with Gasteiger partial charge >= 0.3 is 5.97 Å². The zero-order valence-corrected chi connectivity index (χ0v) is 20.6. The van der Waals surface area contributed by atoms with Crippen molar-refractivity contribution in [2.45, 2.75) is 41.8 Å². The molecule has 1 N–H and O–H groups in total. The Morgan fingerprint density at radius 2 is 1.88 bits per heavy atom. The van der Waals surface area contributed by atoms with E-state index in [0.717, 1.165) is 0 Å². The van der Waals surface area contributed by atoms with Crippen LogP contribution in [0, 0.1) is 11.8 Å². The van der Waals surface area contributed by atoms with Crippen LogP contribution in [0.2, 0.25) is 5.02 Å². The number of hydrogen-bond donors (Lipinski definition) is 1. The van der Waals surface area contributed by atoms with Crippen LogP contribution in [0.3, 0.4) is 0 Å². The van der Waals surface area contributed by atoms with Gasteiger partial charge in [-0.15, -0.1) is 11.8 Å². The van der Waals surface area contributed by atoms with Gasteiger partial charge in [-0.25, -0.2) is 0 Å². The average Bonchev–Trinajstić information content (AvgIpc) is 3.13. The van der Waals surface area contributed by atoms with Crippen molar-refractivity contribution in [2.24, 2.45) is 11.8 Å². The molecule has 2 fully saturated rings. The minimum absolute atomic E-state index is 0.244. The van der Waals surface area contributed by atoms with Gasteiger partial charge in [0.15, 0.2) is 0 Å². The summed E-state index contributed by atoms with van der Waals surface area (Å²) < 4.78 is 3.85. The SMILES string of the molecule is C[C@H](CO)N1C(=O)[C@@H]2[C@@H]3C(=O)OCCC=C[C@]3(C)S[C@@]23C=CCN(c2ccc(Cl)cc2)C(=O)C13. The van der Waals surface area contributed by atoms with Crippen molar-refractivity contribution in [3.8, 4) is 0 Å². The van der Waals surface area contributed by atoms with Gasteiger partial charge in [-0.3, -0.25) is 14.4 Å². The summed E-state index contributed by atoms with van der Waals surface area (Å²) >= 11 is 7.55. The van der Waals surface area contributed by atoms with Crippen LogP contribution >= 0.6 is 23.4 Å². The van der Waals surface area contributed by atoms with Crippen molar-refractivity contribution in [1.82, 2.24) is 4.90 Å². The molecule has 34 heavy (non-hydrogen) atoms. The molecule has 5 rings (SSSR count). The van der Waals surface area contributed by atoms with E-state index in [1.165, 1.54) is 16.7 Å². The van der Waals surface area contributed by atoms with E-state index in [0.29, 0.717) is 23.7 Å². The minimum Gasteiger partial charge on any atom is -0.465 e. The predicted octanol–water partition coefficient (Wildman–Crippen LogP) is 2.81. The maximum Gasteiger partial charge on any atom is 0.311 e. The van der Waals surface area contributed by atoms with Crippen molar-refractivity contribution < 1.29 is 24.2 Å². The monoisotopic (exact) mass is 502 g/mol. The van der Waals surface area contributed by atoms with Gasteiger partial charge in [0.05, 0.1) is 35.8 Å². The van der Waals surface area contributed by atoms with Gasteiger partial charge in [-0.05, 0) is 44.5 Å². The van der Waals surface area contributed by atoms with E-state index < -0.39 is 39.4 Å². The topological polar surface area (TPSA) is 87.2 Å². The first-order valence-corrected chi connectivity index (χ1v) is 12.6. The number of nitrogens with zero attached hydrogens (tertiary/aromatic N) is 2. The van der Waals surface area contributed by atoms with E-state index >= 15 is 0 Å². The van der Waals surface area contributed by atoms with E-state index in [1.807, 2.05) is 31.2 Å². The molecule has 1 unspecified atom stereocenters. The Hall–Kier alpha value is -2.29. The van der Waals surface area contributed by atoms with E-state index in [-0.39, 0.29) is 25.0 Å². The van der Waals surface area contributed by atoms with Gasteiger partial charge in [0.2, 0.25) is 5.91 Å². The number of aliphatic hydroxyl groups excluding tert-OH is 1. The van der Waals surface area contributed by atoms with Gasteiger partial charge < -0.3 is 19.6 Å². The number of hydrogen-bond acceptors (Lipinski definition) is 6. The molecular weight excluding hydrogens is 476 g/mol. The van der Waals surface area contributed by atoms with Crippen molar-refractivity contribution in [1.29, 1.82) is 0 Å². The first-order chi connectivity index (χ1) is 16.2. The Balaban J connectivity index is 1.67. The second kappa shape index (κ2) is 8.43. The number of carbonyl (C=O) groups excluding carboxylic acids is 3. The van der Waals surface area contributed by atoms with Gasteiger partial charge in [0.25, 0.3) is 5.91 Å². The van der Waals surface area contributed by atoms with Crippen LogP contribution in [0.5, 0.6) is 0 Å². The highest BCUT2D eigenvalue weighted by Crippen LogP contribution is 2.65. The molecule has 1 spiro atoms. The van der Waals surface area contributed by atoms with E-state index in [4.69, 9.17) is 16.3 Å². The van der Waals surface area contributed by atoms with Crippen LogP contribution in [0.15, 0.2) is 48.6 Å². The molecule has 0 saturated carbocycles. The number of anilines is 1. The summed E-state index contributed by atoms with van der Waals surface area (Å²) in [6, 6.07) is 5.53. The summed E-state index contributed by atoms with van der Waals surface area (Å²) in [6.07, 6.45) is 8.45. The number of aliphatic hydroxyl groups is 1. The van der Waals surface area contributed by atoms with Crippen LogP contribution in [0.4, 0.5) is 5.69 Å². The molecule has 6 atom stereocenters. The van der Waals surface area contributed by atoms with Crippen molar-refractivity contribution in [3.05, 3.63) is 53.6 Å². The fourth-order valence-electron chi connectivity index (χ4n) is 5.84. The highest BCUT2D eigenvalue weighted by Gasteiger charge is 2.74. The Morgan fingerprint density at radius 1 is 1.15 bits per heavy atom. The summed E-state index contributed by atoms with van der Waals surface area (Å²) in [4.78, 5) is 44.5. The maximum atomic E-state index is 14.2. The van der Waals surface area contributed by atoms with Gasteiger partial charge in [0, 0.05) is 22.0 Å². The number of fused-ring (bicyclic) bond motifs is 2. The summed E-state index contributed by atoms with van der Waals surface area (Å²) in [5, 5.41) is 10.6. The first-order valence-electron chi connectivity index (χ1n) is 11.5. The molecule has 180 valence electrons. The summed E-state index contributed by atoms with van der Waals surface area (Å²) in [6.45, 7) is 3.97. The molecule has 0 radical (unpaired) electrons. The Kier molecular flexibility index (Phi) is 5.81. The molecule has 0 aromatic heterocycles. The number of rotatable bonds is 3. The van der Waals surface area contributed by atoms with Crippen LogP contribution in [-0.4, -0.2) is 69.1 Å². The number of ether oxygens (including phenoxy) is 1. The molecule has 1 aromatic carbocycles. The highest BCUT2D eigenvalue weighted by atomic mass is 35.5. The van der Waals surface area contributed by atoms with Crippen LogP contribution in [0.1, 0.15) is 20.3 Å². The lowest BCUT2D eigenvalue weighted by atomic mass is 9.74. The Morgan fingerprint density at radius 3 is 2.59 bits per heavy atom. The highest BCUT2D eigenvalue weighted by molar-refractivity contribution is 8.02. The van der Waals surface area contributed by atoms with E-state index in [2.05, 4.69) is 0 Å². The number of amides is 2. The van der Waals surface area contributed by atoms with Gasteiger partial charge in [-0.1, -0.05) is 35.9 Å². The minimum atomic E-state index is -0.966. The van der Waals surface area contributed by atoms with Crippen molar-refractivity contribution >= 4 is 46.8 Å². The molecule has 1 aromatic rings. The zero-order chi connectivity index (χ0) is 24.3. The van der Waals surface area contributed by atoms with Gasteiger partial charge in [0.1, 0.15) is 6.04 Å². The third kappa shape index (κ3) is 3.33. The Labute approximate surface area is 207 Å². The van der Waals surface area contributed by atoms with Crippen molar-refractivity contribution in [3.63, 3.8) is 0 Å². The maximum absolute atomic E-state index is 14.2. The smallest absolute Gasteiger partial charge is 0.311 e. The van der Waals surface area contributed by atoms with Crippen LogP contribution in [-0.2, 0) is 19.1 Å². The fraction of sp³-hybridized carbons (Fsp3) is 0.480. The lowest BCUT2D eigenvalue weighted by Crippen LogP contribution is -2.56. The van der Waals surface area contributed by atoms with Crippen LogP contribution < -0.4 is 4.90 Å². The molecule has 0 bridgehead atoms. The molecule has 2 amide bonds. The van der Waals surface area contributed by atoms with E-state index in [9.17, 15) is 19.5 Å². The largest absolute Gasteiger partial charge is 0.465 e. The number of carbonyl (C=O) groups is 3. The number of cyclic esters (lactones) is 1. The second-order valence-corrected chi connectivity index (χ2v) is 11.7. The summed E-state index contributed by atoms with van der Waals surface area (Å²) in [5.74, 6) is -2.46. The Bertz CT molecular complexity index is 1090. The molecule has 4 heterocycles. The standard InChI is InChI=1S/C25H27ClN2O5S/c1-15(14-29)28-20-22(31)27(17-8-6-16(26)7-9-17)12-5-11-25(20)18(21(28)30)19-23(32)33-13-4-3-10-24(19,2)34-25/h3,5-11,15,18-20,29H,4,12-14H2,1-2H3/t15-,18+,19-,20?,24+,25+/m1/s1. The molecule has 9 heteroatoms. The average molecular weight is 503 g/mol. The lowest BCUT2D eigenvalue weighted by Gasteiger charge is -2.39. The van der Waals surface area contributed by atoms with E-state index in [1.54, 1.807) is 36.1 Å². The summed E-state index contributed by atoms with van der Waals surface area (Å²) in [7, 11) is 0. The number of thioether (sulfide) groups is 1.